The second-order valence-electron chi connectivity index (χ2n) is 9.18. The fourth-order valence-corrected chi connectivity index (χ4v) is 4.66. The van der Waals surface area contributed by atoms with Crippen LogP contribution in [-0.4, -0.2) is 39.9 Å². The smallest absolute Gasteiger partial charge is 0.217 e. The van der Waals surface area contributed by atoms with Crippen LogP contribution >= 0.6 is 0 Å². The molecule has 2 aromatic carbocycles. The third-order valence-corrected chi connectivity index (χ3v) is 6.36. The summed E-state index contributed by atoms with van der Waals surface area (Å²) in [6.45, 7) is 3.46. The number of benzene rings is 2. The first-order valence-electron chi connectivity index (χ1n) is 11.9. The van der Waals surface area contributed by atoms with Gasteiger partial charge >= 0.3 is 0 Å². The maximum Gasteiger partial charge on any atom is 0.217 e. The summed E-state index contributed by atoms with van der Waals surface area (Å²) in [6, 6.07) is 12.7. The fourth-order valence-electron chi connectivity index (χ4n) is 4.66. The van der Waals surface area contributed by atoms with Gasteiger partial charge in [0.2, 0.25) is 5.91 Å². The number of hydrogen-bond donors (Lipinski definition) is 3. The highest BCUT2D eigenvalue weighted by Crippen LogP contribution is 2.33. The fraction of sp³-hybridized carbons (Fsp3) is 0.370. The zero-order valence-electron chi connectivity index (χ0n) is 19.9. The van der Waals surface area contributed by atoms with Gasteiger partial charge < -0.3 is 15.7 Å². The summed E-state index contributed by atoms with van der Waals surface area (Å²) in [5.41, 5.74) is 5.42. The van der Waals surface area contributed by atoms with Crippen LogP contribution in [0.15, 0.2) is 48.5 Å². The Hall–Kier alpha value is -3.23. The molecule has 0 radical (unpaired) electrons. The number of nitrogens with zero attached hydrogens (tertiary/aromatic N) is 2. The van der Waals surface area contributed by atoms with Crippen molar-refractivity contribution in [1.29, 1.82) is 0 Å². The molecule has 184 valence electrons. The van der Waals surface area contributed by atoms with E-state index in [1.54, 1.807) is 0 Å². The average molecular weight is 481 g/mol. The molecule has 1 heterocycles. The van der Waals surface area contributed by atoms with Crippen molar-refractivity contribution in [2.75, 3.05) is 6.54 Å². The number of nitrogens with one attached hydrogen (secondary N) is 2. The number of amides is 1. The van der Waals surface area contributed by atoms with Crippen molar-refractivity contribution in [2.45, 2.75) is 57.7 Å². The lowest BCUT2D eigenvalue weighted by molar-refractivity contribution is -0.120. The summed E-state index contributed by atoms with van der Waals surface area (Å²) in [5, 5.41) is 25.5. The zero-order chi connectivity index (χ0) is 24.9. The van der Waals surface area contributed by atoms with E-state index in [4.69, 9.17) is 0 Å². The maximum absolute atomic E-state index is 13.6. The van der Waals surface area contributed by atoms with Gasteiger partial charge in [-0.05, 0) is 79.6 Å². The summed E-state index contributed by atoms with van der Waals surface area (Å²) in [4.78, 5) is 11.7. The van der Waals surface area contributed by atoms with Crippen molar-refractivity contribution in [3.63, 3.8) is 0 Å². The summed E-state index contributed by atoms with van der Waals surface area (Å²) in [6.07, 6.45) is 2.05. The number of aliphatic hydroxyl groups excluding tert-OH is 1. The van der Waals surface area contributed by atoms with Gasteiger partial charge in [0.1, 0.15) is 11.6 Å². The van der Waals surface area contributed by atoms with Gasteiger partial charge in [0.05, 0.1) is 23.5 Å². The molecular weight excluding hydrogens is 450 g/mol. The van der Waals surface area contributed by atoms with E-state index >= 15 is 0 Å². The van der Waals surface area contributed by atoms with Crippen LogP contribution < -0.4 is 10.6 Å². The van der Waals surface area contributed by atoms with E-state index < -0.39 is 23.8 Å². The summed E-state index contributed by atoms with van der Waals surface area (Å²) >= 11 is 0. The number of aryl methyl sites for hydroxylation is 2. The Morgan fingerprint density at radius 2 is 1.89 bits per heavy atom. The average Bonchev–Trinajstić information content (AvgIpc) is 2.81. The minimum absolute atomic E-state index is 0.0244. The second-order valence-corrected chi connectivity index (χ2v) is 9.18. The van der Waals surface area contributed by atoms with Crippen LogP contribution in [0.4, 0.5) is 8.78 Å². The molecule has 3 aromatic rings. The van der Waals surface area contributed by atoms with Crippen LogP contribution in [0.2, 0.25) is 0 Å². The SMILES string of the molecule is CC(=O)NC(Cc1cc(F)cc(F)c1)C(O)CNC1CCCc2ccc(-c3ccc(C)nn3)cc21. The van der Waals surface area contributed by atoms with E-state index in [1.165, 1.54) is 24.6 Å². The van der Waals surface area contributed by atoms with Crippen molar-refractivity contribution >= 4 is 5.91 Å². The number of fused-ring (bicyclic) bond motifs is 1. The van der Waals surface area contributed by atoms with E-state index in [9.17, 15) is 18.7 Å². The Morgan fingerprint density at radius 3 is 2.57 bits per heavy atom. The Labute approximate surface area is 203 Å². The molecule has 3 N–H and O–H groups in total. The lowest BCUT2D eigenvalue weighted by Crippen LogP contribution is -2.48. The van der Waals surface area contributed by atoms with Crippen molar-refractivity contribution in [2.24, 2.45) is 0 Å². The largest absolute Gasteiger partial charge is 0.390 e. The van der Waals surface area contributed by atoms with Gasteiger partial charge in [0.15, 0.2) is 0 Å². The Balaban J connectivity index is 1.48. The third-order valence-electron chi connectivity index (χ3n) is 6.36. The van der Waals surface area contributed by atoms with Crippen molar-refractivity contribution < 1.29 is 18.7 Å². The van der Waals surface area contributed by atoms with Gasteiger partial charge in [-0.25, -0.2) is 8.78 Å². The highest BCUT2D eigenvalue weighted by atomic mass is 19.1. The molecule has 8 heteroatoms. The molecule has 0 aliphatic heterocycles. The number of halogens is 2. The molecule has 1 aliphatic carbocycles. The lowest BCUT2D eigenvalue weighted by atomic mass is 9.86. The van der Waals surface area contributed by atoms with Crippen molar-refractivity contribution in [3.8, 4) is 11.3 Å². The summed E-state index contributed by atoms with van der Waals surface area (Å²) < 4.78 is 27.3. The highest BCUT2D eigenvalue weighted by Gasteiger charge is 2.25. The molecule has 0 fully saturated rings. The highest BCUT2D eigenvalue weighted by molar-refractivity contribution is 5.73. The van der Waals surface area contributed by atoms with E-state index in [1.807, 2.05) is 19.1 Å². The van der Waals surface area contributed by atoms with Crippen LogP contribution in [-0.2, 0) is 17.6 Å². The number of aliphatic hydroxyl groups is 1. The minimum atomic E-state index is -0.957. The zero-order valence-corrected chi connectivity index (χ0v) is 19.9. The molecule has 0 spiro atoms. The van der Waals surface area contributed by atoms with Crippen LogP contribution in [0.1, 0.15) is 48.2 Å². The van der Waals surface area contributed by atoms with Crippen LogP contribution in [0.5, 0.6) is 0 Å². The number of carbonyl (C=O) groups is 1. The quantitative estimate of drug-likeness (QED) is 0.457. The monoisotopic (exact) mass is 480 g/mol. The molecule has 0 saturated carbocycles. The lowest BCUT2D eigenvalue weighted by Gasteiger charge is -2.30. The van der Waals surface area contributed by atoms with E-state index in [0.717, 1.165) is 47.8 Å². The number of hydrogen-bond acceptors (Lipinski definition) is 5. The van der Waals surface area contributed by atoms with Crippen molar-refractivity contribution in [1.82, 2.24) is 20.8 Å². The normalized spacial score (nSPS) is 16.9. The minimum Gasteiger partial charge on any atom is -0.390 e. The van der Waals surface area contributed by atoms with Crippen LogP contribution in [0.25, 0.3) is 11.3 Å². The number of aromatic nitrogens is 2. The molecule has 4 rings (SSSR count). The second kappa shape index (κ2) is 11.0. The molecule has 1 amide bonds. The number of carbonyl (C=O) groups excluding carboxylic acids is 1. The molecular formula is C27H30F2N4O2. The summed E-state index contributed by atoms with van der Waals surface area (Å²) in [5.74, 6) is -1.71. The predicted molar refractivity (Wildman–Crippen MR) is 130 cm³/mol. The van der Waals surface area contributed by atoms with Crippen molar-refractivity contribution in [3.05, 3.63) is 82.5 Å². The van der Waals surface area contributed by atoms with Gasteiger partial charge in [0, 0.05) is 31.1 Å². The third kappa shape index (κ3) is 6.46. The maximum atomic E-state index is 13.6. The molecule has 1 aromatic heterocycles. The van der Waals surface area contributed by atoms with Crippen LogP contribution in [0.3, 0.4) is 0 Å². The predicted octanol–water partition coefficient (Wildman–Crippen LogP) is 3.81. The Bertz CT molecular complexity index is 1170. The molecule has 35 heavy (non-hydrogen) atoms. The molecule has 0 bridgehead atoms. The van der Waals surface area contributed by atoms with Gasteiger partial charge in [0.25, 0.3) is 0 Å². The Morgan fingerprint density at radius 1 is 1.11 bits per heavy atom. The van der Waals surface area contributed by atoms with Gasteiger partial charge in [-0.2, -0.15) is 10.2 Å². The molecule has 1 aliphatic rings. The van der Waals surface area contributed by atoms with Gasteiger partial charge in [-0.1, -0.05) is 12.1 Å². The van der Waals surface area contributed by atoms with Gasteiger partial charge in [-0.15, -0.1) is 0 Å². The Kier molecular flexibility index (Phi) is 7.83. The summed E-state index contributed by atoms with van der Waals surface area (Å²) in [7, 11) is 0. The van der Waals surface area contributed by atoms with E-state index in [2.05, 4.69) is 39.0 Å². The van der Waals surface area contributed by atoms with E-state index in [-0.39, 0.29) is 24.9 Å². The molecule has 3 atom stereocenters. The van der Waals surface area contributed by atoms with E-state index in [0.29, 0.717) is 5.56 Å². The van der Waals surface area contributed by atoms with Gasteiger partial charge in [-0.3, -0.25) is 4.79 Å². The first kappa shape index (κ1) is 24.9. The first-order valence-corrected chi connectivity index (χ1v) is 11.9. The molecule has 0 saturated heterocycles. The topological polar surface area (TPSA) is 87.1 Å². The molecule has 3 unspecified atom stereocenters. The first-order chi connectivity index (χ1) is 16.8. The number of rotatable bonds is 8. The standard InChI is InChI=1S/C27H30F2N4O2/c1-16-6-9-24(33-32-16)20-8-7-19-4-3-5-25(23(19)13-20)30-15-27(35)26(31-17(2)34)12-18-10-21(28)14-22(29)11-18/h6-11,13-14,25-27,30,35H,3-5,12,15H2,1-2H3,(H,31,34). The van der Waals surface area contributed by atoms with Crippen LogP contribution in [0, 0.1) is 18.6 Å². The molecule has 6 nitrogen and oxygen atoms in total.